The number of aromatic nitrogens is 2. The van der Waals surface area contributed by atoms with Gasteiger partial charge in [0.25, 0.3) is 5.91 Å². The van der Waals surface area contributed by atoms with E-state index in [9.17, 15) is 9.59 Å². The second kappa shape index (κ2) is 6.48. The largest absolute Gasteiger partial charge is 0.462 e. The topological polar surface area (TPSA) is 99.2 Å². The van der Waals surface area contributed by atoms with Crippen LogP contribution in [-0.4, -0.2) is 28.3 Å². The first-order chi connectivity index (χ1) is 10.4. The predicted octanol–water partition coefficient (Wildman–Crippen LogP) is 2.08. The highest BCUT2D eigenvalue weighted by atomic mass is 35.5. The third-order valence-corrected chi connectivity index (χ3v) is 3.27. The minimum atomic E-state index is -0.554. The van der Waals surface area contributed by atoms with Crippen LogP contribution >= 0.6 is 11.6 Å². The summed E-state index contributed by atoms with van der Waals surface area (Å²) in [5, 5.41) is 6.94. The maximum Gasteiger partial charge on any atom is 0.343 e. The summed E-state index contributed by atoms with van der Waals surface area (Å²) >= 11 is 5.82. The van der Waals surface area contributed by atoms with Gasteiger partial charge in [0.2, 0.25) is 0 Å². The van der Waals surface area contributed by atoms with Crippen molar-refractivity contribution in [2.24, 2.45) is 7.05 Å². The molecule has 0 unspecified atom stereocenters. The lowest BCUT2D eigenvalue weighted by Crippen LogP contribution is -2.17. The van der Waals surface area contributed by atoms with E-state index >= 15 is 0 Å². The number of hydrogen-bond donors (Lipinski definition) is 2. The zero-order valence-electron chi connectivity index (χ0n) is 12.1. The van der Waals surface area contributed by atoms with Crippen molar-refractivity contribution in [2.45, 2.75) is 6.92 Å². The van der Waals surface area contributed by atoms with E-state index in [1.54, 1.807) is 14.0 Å². The SMILES string of the molecule is CCOC(=O)c1cnn(C)c1NC(=O)c1ccc(Cl)c(N)c1. The Hall–Kier alpha value is -2.54. The molecule has 8 heteroatoms. The van der Waals surface area contributed by atoms with Gasteiger partial charge < -0.3 is 15.8 Å². The zero-order chi connectivity index (χ0) is 16.3. The maximum absolute atomic E-state index is 12.3. The first-order valence-electron chi connectivity index (χ1n) is 6.49. The quantitative estimate of drug-likeness (QED) is 0.663. The average Bonchev–Trinajstić information content (AvgIpc) is 2.83. The molecule has 0 atom stereocenters. The highest BCUT2D eigenvalue weighted by molar-refractivity contribution is 6.33. The molecule has 0 aliphatic carbocycles. The number of rotatable bonds is 4. The second-order valence-corrected chi connectivity index (χ2v) is 4.85. The number of nitrogens with zero attached hydrogens (tertiary/aromatic N) is 2. The Morgan fingerprint density at radius 3 is 2.82 bits per heavy atom. The molecule has 0 saturated heterocycles. The van der Waals surface area contributed by atoms with Crippen LogP contribution in [-0.2, 0) is 11.8 Å². The molecule has 1 heterocycles. The number of esters is 1. The van der Waals surface area contributed by atoms with Crippen molar-refractivity contribution in [1.82, 2.24) is 9.78 Å². The van der Waals surface area contributed by atoms with Gasteiger partial charge in [-0.1, -0.05) is 11.6 Å². The number of anilines is 2. The predicted molar refractivity (Wildman–Crippen MR) is 83.0 cm³/mol. The van der Waals surface area contributed by atoms with E-state index in [0.717, 1.165) is 0 Å². The van der Waals surface area contributed by atoms with E-state index in [1.807, 2.05) is 0 Å². The van der Waals surface area contributed by atoms with Crippen LogP contribution in [0, 0.1) is 0 Å². The smallest absolute Gasteiger partial charge is 0.343 e. The van der Waals surface area contributed by atoms with Crippen molar-refractivity contribution >= 4 is 35.0 Å². The molecule has 1 amide bonds. The lowest BCUT2D eigenvalue weighted by Gasteiger charge is -2.09. The van der Waals surface area contributed by atoms with Crippen molar-refractivity contribution < 1.29 is 14.3 Å². The van der Waals surface area contributed by atoms with Gasteiger partial charge in [-0.3, -0.25) is 9.48 Å². The summed E-state index contributed by atoms with van der Waals surface area (Å²) in [6.45, 7) is 1.93. The van der Waals surface area contributed by atoms with E-state index in [1.165, 1.54) is 29.1 Å². The van der Waals surface area contributed by atoms with Crippen molar-refractivity contribution in [2.75, 3.05) is 17.7 Å². The zero-order valence-corrected chi connectivity index (χ0v) is 12.8. The van der Waals surface area contributed by atoms with Gasteiger partial charge in [-0.25, -0.2) is 4.79 Å². The molecule has 1 aromatic heterocycles. The molecule has 116 valence electrons. The Kier molecular flexibility index (Phi) is 4.67. The van der Waals surface area contributed by atoms with Crippen LogP contribution < -0.4 is 11.1 Å². The molecular weight excluding hydrogens is 308 g/mol. The monoisotopic (exact) mass is 322 g/mol. The van der Waals surface area contributed by atoms with Crippen LogP contribution in [0.2, 0.25) is 5.02 Å². The number of halogens is 1. The number of amides is 1. The number of hydrogen-bond acceptors (Lipinski definition) is 5. The van der Waals surface area contributed by atoms with Gasteiger partial charge in [-0.2, -0.15) is 5.10 Å². The van der Waals surface area contributed by atoms with Gasteiger partial charge in [0.1, 0.15) is 11.4 Å². The van der Waals surface area contributed by atoms with Crippen molar-refractivity contribution in [3.05, 3.63) is 40.5 Å². The van der Waals surface area contributed by atoms with Crippen LogP contribution in [0.3, 0.4) is 0 Å². The van der Waals surface area contributed by atoms with Gasteiger partial charge in [0.15, 0.2) is 0 Å². The molecule has 1 aromatic carbocycles. The average molecular weight is 323 g/mol. The van der Waals surface area contributed by atoms with Crippen LogP contribution in [0.1, 0.15) is 27.6 Å². The van der Waals surface area contributed by atoms with Gasteiger partial charge in [-0.15, -0.1) is 0 Å². The van der Waals surface area contributed by atoms with Crippen molar-refractivity contribution in [3.8, 4) is 0 Å². The van der Waals surface area contributed by atoms with Crippen molar-refractivity contribution in [1.29, 1.82) is 0 Å². The maximum atomic E-state index is 12.3. The molecule has 22 heavy (non-hydrogen) atoms. The number of benzene rings is 1. The molecule has 0 aliphatic rings. The molecule has 0 spiro atoms. The number of nitrogen functional groups attached to an aromatic ring is 1. The molecule has 2 rings (SSSR count). The summed E-state index contributed by atoms with van der Waals surface area (Å²) < 4.78 is 6.30. The van der Waals surface area contributed by atoms with Gasteiger partial charge >= 0.3 is 5.97 Å². The van der Waals surface area contributed by atoms with Crippen LogP contribution in [0.5, 0.6) is 0 Å². The fourth-order valence-electron chi connectivity index (χ4n) is 1.81. The summed E-state index contributed by atoms with van der Waals surface area (Å²) in [5.41, 5.74) is 6.47. The fourth-order valence-corrected chi connectivity index (χ4v) is 1.93. The molecule has 3 N–H and O–H groups in total. The summed E-state index contributed by atoms with van der Waals surface area (Å²) in [6.07, 6.45) is 1.34. The summed E-state index contributed by atoms with van der Waals surface area (Å²) in [4.78, 5) is 24.1. The molecule has 0 fully saturated rings. The van der Waals surface area contributed by atoms with E-state index < -0.39 is 11.9 Å². The Morgan fingerprint density at radius 1 is 1.45 bits per heavy atom. The lowest BCUT2D eigenvalue weighted by molar-refractivity contribution is 0.0527. The Morgan fingerprint density at radius 2 is 2.18 bits per heavy atom. The summed E-state index contributed by atoms with van der Waals surface area (Å²) in [6, 6.07) is 4.52. The Balaban J connectivity index is 2.26. The molecule has 0 radical (unpaired) electrons. The third-order valence-electron chi connectivity index (χ3n) is 2.92. The highest BCUT2D eigenvalue weighted by Crippen LogP contribution is 2.21. The fraction of sp³-hybridized carbons (Fsp3) is 0.214. The number of aryl methyl sites for hydroxylation is 1. The minimum absolute atomic E-state index is 0.180. The minimum Gasteiger partial charge on any atom is -0.462 e. The van der Waals surface area contributed by atoms with E-state index in [4.69, 9.17) is 22.1 Å². The Labute approximate surface area is 132 Å². The molecule has 0 aliphatic heterocycles. The van der Waals surface area contributed by atoms with E-state index in [2.05, 4.69) is 10.4 Å². The van der Waals surface area contributed by atoms with Crippen LogP contribution in [0.4, 0.5) is 11.5 Å². The normalized spacial score (nSPS) is 10.3. The van der Waals surface area contributed by atoms with E-state index in [0.29, 0.717) is 16.3 Å². The first kappa shape index (κ1) is 15.8. The highest BCUT2D eigenvalue weighted by Gasteiger charge is 2.20. The van der Waals surface area contributed by atoms with Gasteiger partial charge in [0.05, 0.1) is 23.5 Å². The lowest BCUT2D eigenvalue weighted by atomic mass is 10.2. The molecular formula is C14H15ClN4O3. The second-order valence-electron chi connectivity index (χ2n) is 4.44. The number of ether oxygens (including phenoxy) is 1. The van der Waals surface area contributed by atoms with Crippen LogP contribution in [0.25, 0.3) is 0 Å². The third kappa shape index (κ3) is 3.20. The number of nitrogens with one attached hydrogen (secondary N) is 1. The standard InChI is InChI=1S/C14H15ClN4O3/c1-3-22-14(21)9-7-17-19(2)12(9)18-13(20)8-4-5-10(15)11(16)6-8/h4-7H,3,16H2,1-2H3,(H,18,20). The number of nitrogens with two attached hydrogens (primary N) is 1. The van der Waals surface area contributed by atoms with E-state index in [-0.39, 0.29) is 18.0 Å². The molecule has 0 saturated carbocycles. The number of carbonyl (C=O) groups is 2. The summed E-state index contributed by atoms with van der Waals surface area (Å²) in [5.74, 6) is -0.740. The molecule has 7 nitrogen and oxygen atoms in total. The first-order valence-corrected chi connectivity index (χ1v) is 6.87. The Bertz CT molecular complexity index is 727. The van der Waals surface area contributed by atoms with Crippen molar-refractivity contribution in [3.63, 3.8) is 0 Å². The number of carbonyl (C=O) groups excluding carboxylic acids is 2. The van der Waals surface area contributed by atoms with Gasteiger partial charge in [0, 0.05) is 12.6 Å². The molecule has 0 bridgehead atoms. The van der Waals surface area contributed by atoms with Gasteiger partial charge in [-0.05, 0) is 25.1 Å². The van der Waals surface area contributed by atoms with Crippen LogP contribution in [0.15, 0.2) is 24.4 Å². The molecule has 2 aromatic rings. The summed E-state index contributed by atoms with van der Waals surface area (Å²) in [7, 11) is 1.61.